The number of nitrogens with one attached hydrogen (secondary N) is 1. The highest BCUT2D eigenvalue weighted by Gasteiger charge is 2.32. The second-order valence-electron chi connectivity index (χ2n) is 6.59. The molecule has 1 amide bonds. The molecule has 2 aliphatic heterocycles. The molecule has 2 saturated heterocycles. The number of aromatic nitrogens is 2. The van der Waals surface area contributed by atoms with E-state index in [0.29, 0.717) is 30.8 Å². The molecule has 0 radical (unpaired) electrons. The smallest absolute Gasteiger partial charge is 0.270 e. The Morgan fingerprint density at radius 2 is 2.13 bits per heavy atom. The van der Waals surface area contributed by atoms with E-state index >= 15 is 0 Å². The lowest BCUT2D eigenvalue weighted by Gasteiger charge is -2.24. The van der Waals surface area contributed by atoms with Gasteiger partial charge >= 0.3 is 0 Å². The summed E-state index contributed by atoms with van der Waals surface area (Å²) in [5.41, 5.74) is 1.47. The van der Waals surface area contributed by atoms with Crippen molar-refractivity contribution in [2.75, 3.05) is 13.1 Å². The number of hydrogen-bond acceptors (Lipinski definition) is 4. The average Bonchev–Trinajstić information content (AvgIpc) is 2.86. The van der Waals surface area contributed by atoms with Crippen molar-refractivity contribution in [2.24, 2.45) is 0 Å². The van der Waals surface area contributed by atoms with Gasteiger partial charge in [-0.05, 0) is 43.9 Å². The van der Waals surface area contributed by atoms with E-state index in [1.165, 1.54) is 17.0 Å². The molecule has 1 N–H and O–H groups in total. The zero-order valence-corrected chi connectivity index (χ0v) is 13.2. The van der Waals surface area contributed by atoms with Crippen molar-refractivity contribution in [2.45, 2.75) is 38.3 Å². The van der Waals surface area contributed by atoms with Crippen molar-refractivity contribution in [1.29, 1.82) is 0 Å². The largest absolute Gasteiger partial charge is 0.337 e. The summed E-state index contributed by atoms with van der Waals surface area (Å²) in [4.78, 5) is 31.5. The maximum Gasteiger partial charge on any atom is 0.270 e. The number of rotatable bonds is 1. The van der Waals surface area contributed by atoms with Gasteiger partial charge in [-0.25, -0.2) is 4.98 Å². The Hall–Kier alpha value is -2.21. The fourth-order valence-electron chi connectivity index (χ4n) is 3.62. The quantitative estimate of drug-likeness (QED) is 0.852. The van der Waals surface area contributed by atoms with Gasteiger partial charge in [-0.15, -0.1) is 0 Å². The lowest BCUT2D eigenvalue weighted by atomic mass is 10.1. The molecule has 6 heteroatoms. The molecule has 2 bridgehead atoms. The number of carbonyl (C=O) groups excluding carboxylic acids is 1. The van der Waals surface area contributed by atoms with Crippen LogP contribution in [0.2, 0.25) is 0 Å². The van der Waals surface area contributed by atoms with E-state index < -0.39 is 0 Å². The SMILES string of the molecule is Cc1ccn2c(=O)c(C(=O)N3CCC4CCC(C3)N4)cnc2c1. The highest BCUT2D eigenvalue weighted by atomic mass is 16.2. The molecule has 0 aromatic carbocycles. The maximum atomic E-state index is 12.8. The van der Waals surface area contributed by atoms with Gasteiger partial charge in [0.15, 0.2) is 0 Å². The molecule has 2 atom stereocenters. The summed E-state index contributed by atoms with van der Waals surface area (Å²) < 4.78 is 1.45. The van der Waals surface area contributed by atoms with Crippen molar-refractivity contribution >= 4 is 11.6 Å². The Balaban J connectivity index is 1.68. The van der Waals surface area contributed by atoms with E-state index in [2.05, 4.69) is 10.3 Å². The van der Waals surface area contributed by atoms with Gasteiger partial charge in [-0.3, -0.25) is 14.0 Å². The summed E-state index contributed by atoms with van der Waals surface area (Å²) >= 11 is 0. The summed E-state index contributed by atoms with van der Waals surface area (Å²) in [5, 5.41) is 3.55. The third kappa shape index (κ3) is 2.53. The van der Waals surface area contributed by atoms with Crippen molar-refractivity contribution in [3.8, 4) is 0 Å². The highest BCUT2D eigenvalue weighted by Crippen LogP contribution is 2.21. The molecule has 0 aliphatic carbocycles. The number of pyridine rings is 1. The van der Waals surface area contributed by atoms with Crippen LogP contribution < -0.4 is 10.9 Å². The van der Waals surface area contributed by atoms with Gasteiger partial charge in [0.25, 0.3) is 11.5 Å². The number of likely N-dealkylation sites (tertiary alicyclic amines) is 1. The van der Waals surface area contributed by atoms with Gasteiger partial charge in [0.05, 0.1) is 0 Å². The van der Waals surface area contributed by atoms with Gasteiger partial charge in [-0.1, -0.05) is 0 Å². The number of carbonyl (C=O) groups is 1. The second kappa shape index (κ2) is 5.45. The fraction of sp³-hybridized carbons (Fsp3) is 0.471. The van der Waals surface area contributed by atoms with Crippen molar-refractivity contribution in [1.82, 2.24) is 19.6 Å². The molecule has 2 aliphatic rings. The minimum Gasteiger partial charge on any atom is -0.337 e. The number of amides is 1. The Labute approximate surface area is 134 Å². The van der Waals surface area contributed by atoms with Crippen LogP contribution in [0.25, 0.3) is 5.65 Å². The molecule has 4 heterocycles. The summed E-state index contributed by atoms with van der Waals surface area (Å²) in [6, 6.07) is 4.55. The summed E-state index contributed by atoms with van der Waals surface area (Å²) in [6.45, 7) is 3.32. The van der Waals surface area contributed by atoms with Gasteiger partial charge in [0.2, 0.25) is 0 Å². The lowest BCUT2D eigenvalue weighted by Crippen LogP contribution is -2.41. The Morgan fingerprint density at radius 3 is 3.00 bits per heavy atom. The Bertz CT molecular complexity index is 829. The molecule has 2 unspecified atom stereocenters. The molecule has 2 fully saturated rings. The predicted octanol–water partition coefficient (Wildman–Crippen LogP) is 0.969. The summed E-state index contributed by atoms with van der Waals surface area (Å²) in [7, 11) is 0. The van der Waals surface area contributed by atoms with Crippen LogP contribution in [-0.4, -0.2) is 45.4 Å². The van der Waals surface area contributed by atoms with Crippen LogP contribution in [0.4, 0.5) is 0 Å². The standard InChI is InChI=1S/C17H20N4O2/c1-11-4-7-21-15(8-11)18-9-14(17(21)23)16(22)20-6-5-12-2-3-13(10-20)19-12/h4,7-9,12-13,19H,2-3,5-6,10H2,1H3. The van der Waals surface area contributed by atoms with Crippen molar-refractivity contribution in [3.05, 3.63) is 46.0 Å². The molecule has 2 aromatic rings. The minimum atomic E-state index is -0.289. The van der Waals surface area contributed by atoms with Crippen LogP contribution in [-0.2, 0) is 0 Å². The monoisotopic (exact) mass is 312 g/mol. The van der Waals surface area contributed by atoms with Crippen LogP contribution in [0, 0.1) is 6.92 Å². The van der Waals surface area contributed by atoms with Crippen LogP contribution in [0.1, 0.15) is 35.2 Å². The highest BCUT2D eigenvalue weighted by molar-refractivity contribution is 5.93. The number of hydrogen-bond donors (Lipinski definition) is 1. The second-order valence-corrected chi connectivity index (χ2v) is 6.59. The third-order valence-electron chi connectivity index (χ3n) is 4.91. The van der Waals surface area contributed by atoms with E-state index in [0.717, 1.165) is 18.4 Å². The van der Waals surface area contributed by atoms with Crippen molar-refractivity contribution in [3.63, 3.8) is 0 Å². The zero-order valence-electron chi connectivity index (χ0n) is 13.2. The summed E-state index contributed by atoms with van der Waals surface area (Å²) in [6.07, 6.45) is 6.34. The first-order chi connectivity index (χ1) is 11.1. The van der Waals surface area contributed by atoms with Gasteiger partial charge in [0, 0.05) is 37.6 Å². The Kier molecular flexibility index (Phi) is 3.41. The van der Waals surface area contributed by atoms with E-state index in [1.807, 2.05) is 19.1 Å². The first kappa shape index (κ1) is 14.4. The molecular weight excluding hydrogens is 292 g/mol. The molecule has 2 aromatic heterocycles. The van der Waals surface area contributed by atoms with Crippen molar-refractivity contribution < 1.29 is 4.79 Å². The molecule has 0 spiro atoms. The zero-order chi connectivity index (χ0) is 16.0. The van der Waals surface area contributed by atoms with Crippen LogP contribution in [0.5, 0.6) is 0 Å². The molecular formula is C17H20N4O2. The molecule has 23 heavy (non-hydrogen) atoms. The number of fused-ring (bicyclic) bond motifs is 3. The van der Waals surface area contributed by atoms with E-state index in [9.17, 15) is 9.59 Å². The van der Waals surface area contributed by atoms with E-state index in [4.69, 9.17) is 0 Å². The molecule has 4 rings (SSSR count). The minimum absolute atomic E-state index is 0.157. The first-order valence-electron chi connectivity index (χ1n) is 8.15. The third-order valence-corrected chi connectivity index (χ3v) is 4.91. The van der Waals surface area contributed by atoms with Gasteiger partial charge < -0.3 is 10.2 Å². The van der Waals surface area contributed by atoms with Crippen LogP contribution in [0.15, 0.2) is 29.3 Å². The number of aryl methyl sites for hydroxylation is 1. The van der Waals surface area contributed by atoms with Gasteiger partial charge in [0.1, 0.15) is 11.2 Å². The molecule has 0 saturated carbocycles. The topological polar surface area (TPSA) is 66.7 Å². The number of nitrogens with zero attached hydrogens (tertiary/aromatic N) is 3. The molecule has 120 valence electrons. The fourth-order valence-corrected chi connectivity index (χ4v) is 3.62. The van der Waals surface area contributed by atoms with E-state index in [1.54, 1.807) is 11.1 Å². The molecule has 6 nitrogen and oxygen atoms in total. The normalized spacial score (nSPS) is 24.0. The lowest BCUT2D eigenvalue weighted by molar-refractivity contribution is 0.0745. The average molecular weight is 312 g/mol. The van der Waals surface area contributed by atoms with Gasteiger partial charge in [-0.2, -0.15) is 0 Å². The Morgan fingerprint density at radius 1 is 1.30 bits per heavy atom. The predicted molar refractivity (Wildman–Crippen MR) is 86.7 cm³/mol. The first-order valence-corrected chi connectivity index (χ1v) is 8.15. The van der Waals surface area contributed by atoms with Crippen LogP contribution >= 0.6 is 0 Å². The van der Waals surface area contributed by atoms with Crippen LogP contribution in [0.3, 0.4) is 0 Å². The maximum absolute atomic E-state index is 12.8. The summed E-state index contributed by atoms with van der Waals surface area (Å²) in [5.74, 6) is -0.202. The van der Waals surface area contributed by atoms with E-state index in [-0.39, 0.29) is 17.0 Å².